The number of nitrogens with one attached hydrogen (secondary N) is 1. The van der Waals surface area contributed by atoms with Crippen molar-refractivity contribution in [3.63, 3.8) is 0 Å². The highest BCUT2D eigenvalue weighted by molar-refractivity contribution is 7.80. The normalized spacial score (nSPS) is 18.7. The molecule has 1 aliphatic rings. The van der Waals surface area contributed by atoms with E-state index in [1.54, 1.807) is 11.0 Å². The predicted molar refractivity (Wildman–Crippen MR) is 74.4 cm³/mol. The Balaban J connectivity index is 2.08. The van der Waals surface area contributed by atoms with Crippen molar-refractivity contribution in [2.75, 3.05) is 17.6 Å². The Hall–Kier alpha value is -1.82. The molecule has 1 aromatic rings. The second kappa shape index (κ2) is 5.22. The van der Waals surface area contributed by atoms with Crippen LogP contribution in [0.4, 0.5) is 11.4 Å². The summed E-state index contributed by atoms with van der Waals surface area (Å²) in [7, 11) is 0. The zero-order valence-electron chi connectivity index (χ0n) is 9.80. The molecule has 0 aromatic heterocycles. The molecule has 5 nitrogen and oxygen atoms in total. The minimum atomic E-state index is -0.835. The SMILES string of the molecule is Nc1ccccc1NC(=S)N1CCCC1C(=O)O. The van der Waals surface area contributed by atoms with Gasteiger partial charge in [-0.1, -0.05) is 12.1 Å². The summed E-state index contributed by atoms with van der Waals surface area (Å²) >= 11 is 5.25. The number of carbonyl (C=O) groups is 1. The van der Waals surface area contributed by atoms with Gasteiger partial charge in [-0.2, -0.15) is 0 Å². The number of nitrogen functional groups attached to an aromatic ring is 1. The molecule has 1 aliphatic heterocycles. The van der Waals surface area contributed by atoms with Crippen molar-refractivity contribution < 1.29 is 9.90 Å². The van der Waals surface area contributed by atoms with E-state index in [1.807, 2.05) is 18.2 Å². The third-order valence-corrected chi connectivity index (χ3v) is 3.34. The van der Waals surface area contributed by atoms with Gasteiger partial charge in [0.1, 0.15) is 6.04 Å². The highest BCUT2D eigenvalue weighted by atomic mass is 32.1. The van der Waals surface area contributed by atoms with E-state index in [0.717, 1.165) is 6.42 Å². The smallest absolute Gasteiger partial charge is 0.326 e. The average Bonchev–Trinajstić information content (AvgIpc) is 2.81. The fraction of sp³-hybridized carbons (Fsp3) is 0.333. The summed E-state index contributed by atoms with van der Waals surface area (Å²) in [5.41, 5.74) is 7.10. The Morgan fingerprint density at radius 2 is 2.22 bits per heavy atom. The number of aliphatic carboxylic acids is 1. The second-order valence-electron chi connectivity index (χ2n) is 4.21. The summed E-state index contributed by atoms with van der Waals surface area (Å²) in [4.78, 5) is 12.8. The molecule has 0 saturated carbocycles. The van der Waals surface area contributed by atoms with Gasteiger partial charge in [-0.15, -0.1) is 0 Å². The molecular formula is C12H15N3O2S. The van der Waals surface area contributed by atoms with Gasteiger partial charge in [-0.25, -0.2) is 4.79 Å². The van der Waals surface area contributed by atoms with Crippen molar-refractivity contribution >= 4 is 34.7 Å². The van der Waals surface area contributed by atoms with E-state index in [-0.39, 0.29) is 0 Å². The number of rotatable bonds is 2. The van der Waals surface area contributed by atoms with E-state index in [9.17, 15) is 4.79 Å². The number of carboxylic acids is 1. The number of para-hydroxylation sites is 2. The molecule has 96 valence electrons. The molecule has 1 unspecified atom stereocenters. The maximum atomic E-state index is 11.1. The highest BCUT2D eigenvalue weighted by Gasteiger charge is 2.32. The number of likely N-dealkylation sites (tertiary alicyclic amines) is 1. The Morgan fingerprint density at radius 1 is 1.50 bits per heavy atom. The van der Waals surface area contributed by atoms with Crippen molar-refractivity contribution in [2.24, 2.45) is 0 Å². The van der Waals surface area contributed by atoms with Crippen LogP contribution < -0.4 is 11.1 Å². The van der Waals surface area contributed by atoms with Crippen LogP contribution >= 0.6 is 12.2 Å². The van der Waals surface area contributed by atoms with Crippen molar-refractivity contribution in [3.8, 4) is 0 Å². The first-order valence-corrected chi connectivity index (χ1v) is 6.15. The number of hydrogen-bond donors (Lipinski definition) is 3. The van der Waals surface area contributed by atoms with Crippen LogP contribution in [0.3, 0.4) is 0 Å². The van der Waals surface area contributed by atoms with Crippen molar-refractivity contribution in [2.45, 2.75) is 18.9 Å². The maximum Gasteiger partial charge on any atom is 0.326 e. The first-order chi connectivity index (χ1) is 8.59. The summed E-state index contributed by atoms with van der Waals surface area (Å²) in [5, 5.41) is 12.5. The Morgan fingerprint density at radius 3 is 2.89 bits per heavy atom. The van der Waals surface area contributed by atoms with Gasteiger partial charge in [-0.05, 0) is 37.2 Å². The van der Waals surface area contributed by atoms with Crippen LogP contribution in [0.5, 0.6) is 0 Å². The standard InChI is InChI=1S/C12H15N3O2S/c13-8-4-1-2-5-9(8)14-12(18)15-7-3-6-10(15)11(16)17/h1-2,4-5,10H,3,6-7,13H2,(H,14,18)(H,16,17). The first-order valence-electron chi connectivity index (χ1n) is 5.74. The molecule has 4 N–H and O–H groups in total. The molecule has 1 aromatic carbocycles. The minimum absolute atomic E-state index is 0.415. The van der Waals surface area contributed by atoms with Gasteiger partial charge in [0.25, 0.3) is 0 Å². The molecular weight excluding hydrogens is 250 g/mol. The molecule has 1 atom stereocenters. The van der Waals surface area contributed by atoms with Crippen LogP contribution in [-0.4, -0.2) is 33.7 Å². The van der Waals surface area contributed by atoms with E-state index in [0.29, 0.717) is 29.5 Å². The molecule has 0 spiro atoms. The molecule has 0 radical (unpaired) electrons. The van der Waals surface area contributed by atoms with E-state index in [1.165, 1.54) is 0 Å². The summed E-state index contributed by atoms with van der Waals surface area (Å²) in [5.74, 6) is -0.835. The Kier molecular flexibility index (Phi) is 3.66. The average molecular weight is 265 g/mol. The van der Waals surface area contributed by atoms with E-state index >= 15 is 0 Å². The molecule has 2 rings (SSSR count). The largest absolute Gasteiger partial charge is 0.480 e. The molecule has 0 bridgehead atoms. The minimum Gasteiger partial charge on any atom is -0.480 e. The van der Waals surface area contributed by atoms with Gasteiger partial charge in [-0.3, -0.25) is 0 Å². The van der Waals surface area contributed by atoms with Crippen LogP contribution in [0, 0.1) is 0 Å². The van der Waals surface area contributed by atoms with Gasteiger partial charge in [0.15, 0.2) is 5.11 Å². The van der Waals surface area contributed by atoms with Gasteiger partial charge < -0.3 is 21.1 Å². The second-order valence-corrected chi connectivity index (χ2v) is 4.59. The highest BCUT2D eigenvalue weighted by Crippen LogP contribution is 2.21. The number of carboxylic acid groups (broad SMARTS) is 1. The quantitative estimate of drug-likeness (QED) is 0.556. The lowest BCUT2D eigenvalue weighted by molar-refractivity contribution is -0.140. The summed E-state index contributed by atoms with van der Waals surface area (Å²) in [6, 6.07) is 6.73. The molecule has 0 aliphatic carbocycles. The fourth-order valence-corrected chi connectivity index (χ4v) is 2.39. The van der Waals surface area contributed by atoms with E-state index in [4.69, 9.17) is 23.1 Å². The fourth-order valence-electron chi connectivity index (χ4n) is 2.06. The molecule has 1 heterocycles. The topological polar surface area (TPSA) is 78.6 Å². The van der Waals surface area contributed by atoms with Gasteiger partial charge in [0.2, 0.25) is 0 Å². The zero-order valence-corrected chi connectivity index (χ0v) is 10.6. The van der Waals surface area contributed by atoms with E-state index < -0.39 is 12.0 Å². The molecule has 1 fully saturated rings. The molecule has 18 heavy (non-hydrogen) atoms. The first kappa shape index (κ1) is 12.6. The van der Waals surface area contributed by atoms with Crippen molar-refractivity contribution in [3.05, 3.63) is 24.3 Å². The maximum absolute atomic E-state index is 11.1. The van der Waals surface area contributed by atoms with Crippen molar-refractivity contribution in [1.82, 2.24) is 4.90 Å². The summed E-state index contributed by atoms with van der Waals surface area (Å²) in [6.07, 6.45) is 1.46. The number of benzene rings is 1. The lowest BCUT2D eigenvalue weighted by Crippen LogP contribution is -2.42. The summed E-state index contributed by atoms with van der Waals surface area (Å²) < 4.78 is 0. The zero-order chi connectivity index (χ0) is 13.1. The van der Waals surface area contributed by atoms with Gasteiger partial charge in [0, 0.05) is 6.54 Å². The number of thiocarbonyl (C=S) groups is 1. The molecule has 1 saturated heterocycles. The number of nitrogens with two attached hydrogens (primary N) is 1. The lowest BCUT2D eigenvalue weighted by Gasteiger charge is -2.25. The summed E-state index contributed by atoms with van der Waals surface area (Å²) in [6.45, 7) is 0.662. The third-order valence-electron chi connectivity index (χ3n) is 3.00. The van der Waals surface area contributed by atoms with Gasteiger partial charge in [0.05, 0.1) is 11.4 Å². The van der Waals surface area contributed by atoms with Crippen LogP contribution in [0.2, 0.25) is 0 Å². The number of nitrogens with zero attached hydrogens (tertiary/aromatic N) is 1. The molecule has 6 heteroatoms. The third kappa shape index (κ3) is 2.53. The Bertz CT molecular complexity index is 478. The van der Waals surface area contributed by atoms with Gasteiger partial charge >= 0.3 is 5.97 Å². The van der Waals surface area contributed by atoms with Crippen LogP contribution in [0.1, 0.15) is 12.8 Å². The van der Waals surface area contributed by atoms with Crippen molar-refractivity contribution in [1.29, 1.82) is 0 Å². The number of hydrogen-bond acceptors (Lipinski definition) is 3. The van der Waals surface area contributed by atoms with Crippen LogP contribution in [-0.2, 0) is 4.79 Å². The lowest BCUT2D eigenvalue weighted by atomic mass is 10.2. The predicted octanol–water partition coefficient (Wildman–Crippen LogP) is 1.51. The monoisotopic (exact) mass is 265 g/mol. The molecule has 0 amide bonds. The van der Waals surface area contributed by atoms with E-state index in [2.05, 4.69) is 5.32 Å². The number of anilines is 2. The Labute approximate surface area is 111 Å². The van der Waals surface area contributed by atoms with Crippen LogP contribution in [0.25, 0.3) is 0 Å². The van der Waals surface area contributed by atoms with Crippen LogP contribution in [0.15, 0.2) is 24.3 Å².